The van der Waals surface area contributed by atoms with Gasteiger partial charge in [-0.25, -0.2) is 0 Å². The van der Waals surface area contributed by atoms with Crippen LogP contribution in [0.25, 0.3) is 10.9 Å². The highest BCUT2D eigenvalue weighted by molar-refractivity contribution is 6.07. The number of fused-ring (bicyclic) bond motifs is 2. The van der Waals surface area contributed by atoms with Crippen LogP contribution in [0.3, 0.4) is 0 Å². The van der Waals surface area contributed by atoms with Crippen LogP contribution in [0.15, 0.2) is 24.3 Å². The van der Waals surface area contributed by atoms with Gasteiger partial charge in [0, 0.05) is 24.2 Å². The second-order valence-corrected chi connectivity index (χ2v) is 5.81. The topological polar surface area (TPSA) is 70.5 Å². The van der Waals surface area contributed by atoms with E-state index in [0.717, 1.165) is 47.0 Å². The van der Waals surface area contributed by atoms with Crippen LogP contribution in [0.5, 0.6) is 0 Å². The molecule has 1 N–H and O–H groups in total. The fourth-order valence-electron chi connectivity index (χ4n) is 3.25. The van der Waals surface area contributed by atoms with Crippen LogP contribution in [0, 0.1) is 0 Å². The average Bonchev–Trinajstić information content (AvgIpc) is 3.00. The third kappa shape index (κ3) is 2.91. The maximum absolute atomic E-state index is 13.1. The molecule has 1 aromatic carbocycles. The standard InChI is InChI=1S/C18H20N2O3/c1-2-20(11-10-16(21)22)18(23)17-12-6-3-4-8-14(12)19-15-9-5-7-13(15)17/h3-4,6,8H,2,5,7,9-11H2,1H3,(H,21,22). The first-order chi connectivity index (χ1) is 11.1. The Morgan fingerprint density at radius 1 is 1.26 bits per heavy atom. The van der Waals surface area contributed by atoms with Gasteiger partial charge in [0.25, 0.3) is 5.91 Å². The first kappa shape index (κ1) is 15.5. The molecule has 0 radical (unpaired) electrons. The molecule has 1 aliphatic carbocycles. The molecule has 1 aliphatic rings. The Labute approximate surface area is 134 Å². The van der Waals surface area contributed by atoms with Crippen molar-refractivity contribution >= 4 is 22.8 Å². The smallest absolute Gasteiger partial charge is 0.305 e. The largest absolute Gasteiger partial charge is 0.481 e. The number of carboxylic acids is 1. The van der Waals surface area contributed by atoms with Gasteiger partial charge in [-0.3, -0.25) is 14.6 Å². The van der Waals surface area contributed by atoms with Crippen molar-refractivity contribution < 1.29 is 14.7 Å². The Morgan fingerprint density at radius 2 is 2.04 bits per heavy atom. The maximum atomic E-state index is 13.1. The summed E-state index contributed by atoms with van der Waals surface area (Å²) in [4.78, 5) is 30.2. The van der Waals surface area contributed by atoms with Crippen LogP contribution in [-0.4, -0.2) is 40.0 Å². The second kappa shape index (κ2) is 6.36. The third-order valence-electron chi connectivity index (χ3n) is 4.40. The number of aliphatic carboxylic acids is 1. The van der Waals surface area contributed by atoms with E-state index in [0.29, 0.717) is 6.54 Å². The molecule has 120 valence electrons. The molecular weight excluding hydrogens is 292 g/mol. The number of carbonyl (C=O) groups is 2. The van der Waals surface area contributed by atoms with Crippen molar-refractivity contribution in [1.29, 1.82) is 0 Å². The molecule has 5 nitrogen and oxygen atoms in total. The predicted octanol–water partition coefficient (Wildman–Crippen LogP) is 2.66. The molecule has 2 aromatic rings. The van der Waals surface area contributed by atoms with Gasteiger partial charge in [-0.05, 0) is 37.8 Å². The van der Waals surface area contributed by atoms with Crippen LogP contribution in [0.4, 0.5) is 0 Å². The summed E-state index contributed by atoms with van der Waals surface area (Å²) >= 11 is 0. The Morgan fingerprint density at radius 3 is 2.78 bits per heavy atom. The summed E-state index contributed by atoms with van der Waals surface area (Å²) < 4.78 is 0. The summed E-state index contributed by atoms with van der Waals surface area (Å²) in [6, 6.07) is 7.69. The van der Waals surface area contributed by atoms with Gasteiger partial charge in [0.15, 0.2) is 0 Å². The fourth-order valence-corrected chi connectivity index (χ4v) is 3.25. The van der Waals surface area contributed by atoms with E-state index in [9.17, 15) is 9.59 Å². The van der Waals surface area contributed by atoms with Crippen LogP contribution < -0.4 is 0 Å². The molecule has 3 rings (SSSR count). The van der Waals surface area contributed by atoms with Crippen molar-refractivity contribution in [2.24, 2.45) is 0 Å². The molecule has 1 heterocycles. The number of nitrogens with zero attached hydrogens (tertiary/aromatic N) is 2. The average molecular weight is 312 g/mol. The van der Waals surface area contributed by atoms with Gasteiger partial charge < -0.3 is 10.0 Å². The molecule has 0 fully saturated rings. The summed E-state index contributed by atoms with van der Waals surface area (Å²) in [5.41, 5.74) is 3.62. The highest BCUT2D eigenvalue weighted by Gasteiger charge is 2.26. The number of benzene rings is 1. The van der Waals surface area contributed by atoms with E-state index < -0.39 is 5.97 Å². The number of carbonyl (C=O) groups excluding carboxylic acids is 1. The van der Waals surface area contributed by atoms with Gasteiger partial charge >= 0.3 is 5.97 Å². The van der Waals surface area contributed by atoms with Crippen molar-refractivity contribution in [3.8, 4) is 0 Å². The molecule has 0 unspecified atom stereocenters. The molecule has 0 atom stereocenters. The number of aromatic nitrogens is 1. The zero-order valence-corrected chi connectivity index (χ0v) is 13.2. The van der Waals surface area contributed by atoms with Gasteiger partial charge in [0.2, 0.25) is 0 Å². The number of carboxylic acid groups (broad SMARTS) is 1. The quantitative estimate of drug-likeness (QED) is 0.921. The number of pyridine rings is 1. The number of hydrogen-bond acceptors (Lipinski definition) is 3. The van der Waals surface area contributed by atoms with Crippen molar-refractivity contribution in [2.75, 3.05) is 13.1 Å². The zero-order chi connectivity index (χ0) is 16.4. The maximum Gasteiger partial charge on any atom is 0.305 e. The molecule has 1 aromatic heterocycles. The molecule has 0 bridgehead atoms. The number of amides is 1. The first-order valence-electron chi connectivity index (χ1n) is 8.03. The highest BCUT2D eigenvalue weighted by Crippen LogP contribution is 2.30. The van der Waals surface area contributed by atoms with E-state index in [1.165, 1.54) is 0 Å². The molecule has 5 heteroatoms. The molecule has 23 heavy (non-hydrogen) atoms. The summed E-state index contributed by atoms with van der Waals surface area (Å²) in [6.45, 7) is 2.61. The van der Waals surface area contributed by atoms with E-state index in [-0.39, 0.29) is 18.9 Å². The first-order valence-corrected chi connectivity index (χ1v) is 8.03. The molecule has 0 saturated carbocycles. The van der Waals surface area contributed by atoms with Gasteiger partial charge in [0.1, 0.15) is 0 Å². The molecule has 0 aliphatic heterocycles. The highest BCUT2D eigenvalue weighted by atomic mass is 16.4. The van der Waals surface area contributed by atoms with E-state index in [1.54, 1.807) is 4.90 Å². The van der Waals surface area contributed by atoms with Crippen LogP contribution in [-0.2, 0) is 17.6 Å². The van der Waals surface area contributed by atoms with Gasteiger partial charge in [-0.1, -0.05) is 18.2 Å². The molecule has 0 saturated heterocycles. The predicted molar refractivity (Wildman–Crippen MR) is 87.6 cm³/mol. The van der Waals surface area contributed by atoms with Crippen molar-refractivity contribution in [2.45, 2.75) is 32.6 Å². The molecule has 1 amide bonds. The van der Waals surface area contributed by atoms with Crippen molar-refractivity contribution in [3.63, 3.8) is 0 Å². The number of rotatable bonds is 5. The van der Waals surface area contributed by atoms with Crippen LogP contribution in [0.2, 0.25) is 0 Å². The van der Waals surface area contributed by atoms with E-state index in [4.69, 9.17) is 10.1 Å². The minimum Gasteiger partial charge on any atom is -0.481 e. The lowest BCUT2D eigenvalue weighted by atomic mass is 10.00. The lowest BCUT2D eigenvalue weighted by molar-refractivity contribution is -0.137. The molecule has 0 spiro atoms. The summed E-state index contributed by atoms with van der Waals surface area (Å²) in [5, 5.41) is 9.76. The van der Waals surface area contributed by atoms with Gasteiger partial charge in [-0.2, -0.15) is 0 Å². The summed E-state index contributed by atoms with van der Waals surface area (Å²) in [6.07, 6.45) is 2.75. The normalized spacial score (nSPS) is 13.1. The Balaban J connectivity index is 2.07. The summed E-state index contributed by atoms with van der Waals surface area (Å²) in [7, 11) is 0. The van der Waals surface area contributed by atoms with E-state index in [1.807, 2.05) is 31.2 Å². The summed E-state index contributed by atoms with van der Waals surface area (Å²) in [5.74, 6) is -0.966. The fraction of sp³-hybridized carbons (Fsp3) is 0.389. The van der Waals surface area contributed by atoms with Crippen molar-refractivity contribution in [3.05, 3.63) is 41.1 Å². The second-order valence-electron chi connectivity index (χ2n) is 5.81. The van der Waals surface area contributed by atoms with Gasteiger partial charge in [0.05, 0.1) is 17.5 Å². The van der Waals surface area contributed by atoms with Crippen LogP contribution in [0.1, 0.15) is 41.4 Å². The minimum absolute atomic E-state index is 0.0369. The van der Waals surface area contributed by atoms with Gasteiger partial charge in [-0.15, -0.1) is 0 Å². The third-order valence-corrected chi connectivity index (χ3v) is 4.40. The Hall–Kier alpha value is -2.43. The van der Waals surface area contributed by atoms with Crippen LogP contribution >= 0.6 is 0 Å². The Kier molecular flexibility index (Phi) is 4.28. The zero-order valence-electron chi connectivity index (χ0n) is 13.2. The lowest BCUT2D eigenvalue weighted by Gasteiger charge is -2.22. The Bertz CT molecular complexity index is 770. The van der Waals surface area contributed by atoms with E-state index in [2.05, 4.69) is 0 Å². The number of aryl methyl sites for hydroxylation is 1. The molecular formula is C18H20N2O3. The number of hydrogen-bond donors (Lipinski definition) is 1. The lowest BCUT2D eigenvalue weighted by Crippen LogP contribution is -2.33. The SMILES string of the molecule is CCN(CCC(=O)O)C(=O)c1c2c(nc3ccccc13)CCC2. The number of para-hydroxylation sites is 1. The monoisotopic (exact) mass is 312 g/mol. The van der Waals surface area contributed by atoms with E-state index >= 15 is 0 Å². The minimum atomic E-state index is -0.888. The van der Waals surface area contributed by atoms with Crippen molar-refractivity contribution in [1.82, 2.24) is 9.88 Å².